The molecule has 0 radical (unpaired) electrons. The molecular weight excluding hydrogens is 396 g/mol. The van der Waals surface area contributed by atoms with Gasteiger partial charge in [0.2, 0.25) is 0 Å². The summed E-state index contributed by atoms with van der Waals surface area (Å²) in [6.45, 7) is 2.37. The van der Waals surface area contributed by atoms with E-state index in [0.29, 0.717) is 24.7 Å². The number of carbonyl (C=O) groups excluding carboxylic acids is 1. The van der Waals surface area contributed by atoms with E-state index < -0.39 is 18.2 Å². The number of rotatable bonds is 10. The molecule has 3 rings (SSSR count). The van der Waals surface area contributed by atoms with E-state index in [0.717, 1.165) is 11.1 Å². The zero-order chi connectivity index (χ0) is 22.1. The normalized spacial score (nSPS) is 12.6. The average molecular weight is 422 g/mol. The molecule has 2 atom stereocenters. The van der Waals surface area contributed by atoms with Crippen molar-refractivity contribution in [2.45, 2.75) is 32.3 Å². The fourth-order valence-electron chi connectivity index (χ4n) is 2.95. The van der Waals surface area contributed by atoms with Gasteiger partial charge in [0, 0.05) is 6.07 Å². The van der Waals surface area contributed by atoms with Gasteiger partial charge in [-0.2, -0.15) is 0 Å². The van der Waals surface area contributed by atoms with E-state index in [1.165, 1.54) is 0 Å². The molecule has 2 N–H and O–H groups in total. The quantitative estimate of drug-likeness (QED) is 0.484. The van der Waals surface area contributed by atoms with Crippen LogP contribution < -0.4 is 9.47 Å². The zero-order valence-corrected chi connectivity index (χ0v) is 17.3. The van der Waals surface area contributed by atoms with E-state index in [2.05, 4.69) is 0 Å². The molecule has 0 aliphatic heterocycles. The van der Waals surface area contributed by atoms with Gasteiger partial charge >= 0.3 is 5.97 Å². The van der Waals surface area contributed by atoms with Crippen molar-refractivity contribution in [1.29, 1.82) is 0 Å². The van der Waals surface area contributed by atoms with Gasteiger partial charge in [0.15, 0.2) is 6.10 Å². The summed E-state index contributed by atoms with van der Waals surface area (Å²) in [4.78, 5) is 11.9. The average Bonchev–Trinajstić information content (AvgIpc) is 2.82. The zero-order valence-electron chi connectivity index (χ0n) is 17.3. The van der Waals surface area contributed by atoms with Crippen LogP contribution in [0.15, 0.2) is 78.9 Å². The summed E-state index contributed by atoms with van der Waals surface area (Å²) in [5, 5.41) is 20.7. The summed E-state index contributed by atoms with van der Waals surface area (Å²) < 4.78 is 16.6. The summed E-state index contributed by atoms with van der Waals surface area (Å²) in [6, 6.07) is 24.1. The van der Waals surface area contributed by atoms with Crippen LogP contribution in [0.1, 0.15) is 29.7 Å². The summed E-state index contributed by atoms with van der Waals surface area (Å²) in [5.74, 6) is -0.00333. The molecule has 0 saturated carbocycles. The van der Waals surface area contributed by atoms with Crippen molar-refractivity contribution in [2.75, 3.05) is 6.61 Å². The first-order valence-corrected chi connectivity index (χ1v) is 10.1. The number of esters is 1. The van der Waals surface area contributed by atoms with Crippen molar-refractivity contribution < 1.29 is 29.2 Å². The van der Waals surface area contributed by atoms with Gasteiger partial charge in [-0.3, -0.25) is 0 Å². The number of carbonyl (C=O) groups is 1. The number of aliphatic hydroxyl groups excluding tert-OH is 2. The molecule has 0 spiro atoms. The third kappa shape index (κ3) is 6.57. The van der Waals surface area contributed by atoms with Gasteiger partial charge in [-0.25, -0.2) is 4.79 Å². The Morgan fingerprint density at radius 1 is 0.806 bits per heavy atom. The van der Waals surface area contributed by atoms with Gasteiger partial charge in [-0.1, -0.05) is 60.7 Å². The highest BCUT2D eigenvalue weighted by atomic mass is 16.5. The SMILES string of the molecule is CCOC(=O)[C@@H](O)[C@H](O)c1cc(OCc2ccccc2)cc(OCc2ccccc2)c1. The minimum Gasteiger partial charge on any atom is -0.489 e. The van der Waals surface area contributed by atoms with Crippen molar-refractivity contribution in [3.8, 4) is 11.5 Å². The molecule has 6 heteroatoms. The minimum atomic E-state index is -1.72. The van der Waals surface area contributed by atoms with Gasteiger partial charge in [-0.15, -0.1) is 0 Å². The standard InChI is InChI=1S/C25H26O6/c1-2-29-25(28)24(27)23(26)20-13-21(30-16-18-9-5-3-6-10-18)15-22(14-20)31-17-19-11-7-4-8-12-19/h3-15,23-24,26-27H,2,16-17H2,1H3/t23-,24+/m1/s1. The molecule has 3 aromatic rings. The highest BCUT2D eigenvalue weighted by molar-refractivity contribution is 5.75. The summed E-state index contributed by atoms with van der Waals surface area (Å²) in [5.41, 5.74) is 2.24. The molecule has 0 aliphatic carbocycles. The molecule has 0 saturated heterocycles. The lowest BCUT2D eigenvalue weighted by atomic mass is 10.0. The Bertz CT molecular complexity index is 897. The molecule has 162 valence electrons. The Hall–Kier alpha value is -3.35. The molecule has 0 heterocycles. The fourth-order valence-corrected chi connectivity index (χ4v) is 2.95. The molecule has 0 aromatic heterocycles. The van der Waals surface area contributed by atoms with Crippen molar-refractivity contribution in [1.82, 2.24) is 0 Å². The van der Waals surface area contributed by atoms with Gasteiger partial charge < -0.3 is 24.4 Å². The lowest BCUT2D eigenvalue weighted by Crippen LogP contribution is -2.29. The molecule has 0 fully saturated rings. The molecule has 0 bridgehead atoms. The van der Waals surface area contributed by atoms with E-state index >= 15 is 0 Å². The van der Waals surface area contributed by atoms with Crippen LogP contribution in [-0.4, -0.2) is 28.9 Å². The second-order valence-electron chi connectivity index (χ2n) is 6.93. The highest BCUT2D eigenvalue weighted by Gasteiger charge is 2.28. The molecule has 3 aromatic carbocycles. The second kappa shape index (κ2) is 11.2. The van der Waals surface area contributed by atoms with E-state index in [4.69, 9.17) is 14.2 Å². The third-order valence-corrected chi connectivity index (χ3v) is 4.57. The number of benzene rings is 3. The Balaban J connectivity index is 1.80. The van der Waals surface area contributed by atoms with Gasteiger partial charge in [0.25, 0.3) is 0 Å². The largest absolute Gasteiger partial charge is 0.489 e. The molecule has 0 aliphatic rings. The molecule has 31 heavy (non-hydrogen) atoms. The number of hydrogen-bond donors (Lipinski definition) is 2. The van der Waals surface area contributed by atoms with Crippen molar-refractivity contribution in [3.05, 3.63) is 95.6 Å². The van der Waals surface area contributed by atoms with Crippen molar-refractivity contribution in [2.24, 2.45) is 0 Å². The smallest absolute Gasteiger partial charge is 0.338 e. The van der Waals surface area contributed by atoms with Gasteiger partial charge in [0.05, 0.1) is 6.61 Å². The van der Waals surface area contributed by atoms with Crippen molar-refractivity contribution in [3.63, 3.8) is 0 Å². The maximum Gasteiger partial charge on any atom is 0.338 e. The van der Waals surface area contributed by atoms with Crippen LogP contribution in [-0.2, 0) is 22.7 Å². The second-order valence-corrected chi connectivity index (χ2v) is 6.93. The van der Waals surface area contributed by atoms with Crippen LogP contribution in [0.3, 0.4) is 0 Å². The highest BCUT2D eigenvalue weighted by Crippen LogP contribution is 2.30. The summed E-state index contributed by atoms with van der Waals surface area (Å²) in [6.07, 6.45) is -3.20. The Labute approximate surface area is 181 Å². The first kappa shape index (κ1) is 22.3. The van der Waals surface area contributed by atoms with Crippen LogP contribution >= 0.6 is 0 Å². The minimum absolute atomic E-state index is 0.105. The van der Waals surface area contributed by atoms with Crippen LogP contribution in [0.25, 0.3) is 0 Å². The number of ether oxygens (including phenoxy) is 3. The topological polar surface area (TPSA) is 85.2 Å². The fraction of sp³-hybridized carbons (Fsp3) is 0.240. The van der Waals surface area contributed by atoms with Crippen molar-refractivity contribution >= 4 is 5.97 Å². The first-order valence-electron chi connectivity index (χ1n) is 10.1. The van der Waals surface area contributed by atoms with Gasteiger partial charge in [0.1, 0.15) is 30.8 Å². The monoisotopic (exact) mass is 422 g/mol. The van der Waals surface area contributed by atoms with Crippen LogP contribution in [0.4, 0.5) is 0 Å². The molecule has 0 unspecified atom stereocenters. The predicted molar refractivity (Wildman–Crippen MR) is 116 cm³/mol. The first-order chi connectivity index (χ1) is 15.1. The van der Waals surface area contributed by atoms with Crippen LogP contribution in [0, 0.1) is 0 Å². The lowest BCUT2D eigenvalue weighted by Gasteiger charge is -2.19. The Morgan fingerprint density at radius 3 is 1.74 bits per heavy atom. The number of hydrogen-bond acceptors (Lipinski definition) is 6. The predicted octanol–water partition coefficient (Wildman–Crippen LogP) is 3.80. The third-order valence-electron chi connectivity index (χ3n) is 4.57. The summed E-state index contributed by atoms with van der Waals surface area (Å²) in [7, 11) is 0. The van der Waals surface area contributed by atoms with E-state index in [1.807, 2.05) is 60.7 Å². The van der Waals surface area contributed by atoms with Gasteiger partial charge in [-0.05, 0) is 35.7 Å². The maximum atomic E-state index is 11.9. The molecule has 0 amide bonds. The van der Waals surface area contributed by atoms with E-state index in [9.17, 15) is 15.0 Å². The lowest BCUT2D eigenvalue weighted by molar-refractivity contribution is -0.159. The van der Waals surface area contributed by atoms with E-state index in [1.54, 1.807) is 25.1 Å². The molecular formula is C25H26O6. The summed E-state index contributed by atoms with van der Waals surface area (Å²) >= 11 is 0. The molecule has 6 nitrogen and oxygen atoms in total. The van der Waals surface area contributed by atoms with Crippen LogP contribution in [0.5, 0.6) is 11.5 Å². The van der Waals surface area contributed by atoms with E-state index in [-0.39, 0.29) is 12.2 Å². The van der Waals surface area contributed by atoms with Crippen LogP contribution in [0.2, 0.25) is 0 Å². The number of aliphatic hydroxyl groups is 2. The maximum absolute atomic E-state index is 11.9. The Morgan fingerprint density at radius 2 is 1.29 bits per heavy atom. The Kier molecular flexibility index (Phi) is 8.04.